The fourth-order valence-corrected chi connectivity index (χ4v) is 4.67. The molecule has 6 nitrogen and oxygen atoms in total. The molecule has 3 rings (SSSR count). The lowest BCUT2D eigenvalue weighted by Crippen LogP contribution is -2.26. The van der Waals surface area contributed by atoms with Crippen molar-refractivity contribution in [2.45, 2.75) is 36.4 Å². The van der Waals surface area contributed by atoms with Crippen LogP contribution in [0.1, 0.15) is 32.1 Å². The number of carbonyl (C=O) groups excluding carboxylic acids is 1. The van der Waals surface area contributed by atoms with Crippen molar-refractivity contribution in [1.82, 2.24) is 10.3 Å². The van der Waals surface area contributed by atoms with E-state index in [1.54, 1.807) is 6.07 Å². The number of carbonyl (C=O) groups is 1. The van der Waals surface area contributed by atoms with Crippen molar-refractivity contribution in [2.24, 2.45) is 0 Å². The van der Waals surface area contributed by atoms with Crippen LogP contribution in [0, 0.1) is 10.1 Å². The lowest BCUT2D eigenvalue weighted by atomic mass is 9.97. The Kier molecular flexibility index (Phi) is 6.04. The molecule has 1 aliphatic rings. The van der Waals surface area contributed by atoms with Crippen molar-refractivity contribution in [1.29, 1.82) is 0 Å². The van der Waals surface area contributed by atoms with Gasteiger partial charge in [0.1, 0.15) is 0 Å². The highest BCUT2D eigenvalue weighted by Gasteiger charge is 2.12. The molecule has 0 spiro atoms. The van der Waals surface area contributed by atoms with Crippen molar-refractivity contribution in [3.63, 3.8) is 0 Å². The molecular formula is C17H19N3O3S2. The highest BCUT2D eigenvalue weighted by atomic mass is 32.2. The Hall–Kier alpha value is -1.93. The zero-order valence-electron chi connectivity index (χ0n) is 13.7. The molecule has 0 bridgehead atoms. The summed E-state index contributed by atoms with van der Waals surface area (Å²) >= 11 is 2.74. The van der Waals surface area contributed by atoms with Crippen LogP contribution in [-0.4, -0.2) is 28.1 Å². The minimum absolute atomic E-state index is 0.00774. The minimum atomic E-state index is -0.415. The van der Waals surface area contributed by atoms with Crippen molar-refractivity contribution in [3.05, 3.63) is 40.0 Å². The number of nitrogens with zero attached hydrogens (tertiary/aromatic N) is 2. The van der Waals surface area contributed by atoms with Crippen LogP contribution in [0.3, 0.4) is 0 Å². The fraction of sp³-hybridized carbons (Fsp3) is 0.412. The van der Waals surface area contributed by atoms with Gasteiger partial charge in [0.15, 0.2) is 4.34 Å². The molecule has 8 heteroatoms. The molecule has 0 unspecified atom stereocenters. The maximum absolute atomic E-state index is 12.0. The maximum atomic E-state index is 12.0. The summed E-state index contributed by atoms with van der Waals surface area (Å²) < 4.78 is 1.52. The van der Waals surface area contributed by atoms with Gasteiger partial charge < -0.3 is 5.32 Å². The number of nitro groups is 1. The second-order valence-corrected chi connectivity index (χ2v) is 8.14. The molecule has 0 atom stereocenters. The smallest absolute Gasteiger partial charge is 0.270 e. The number of thioether (sulfide) groups is 1. The van der Waals surface area contributed by atoms with Gasteiger partial charge in [-0.2, -0.15) is 0 Å². The van der Waals surface area contributed by atoms with Gasteiger partial charge in [0.2, 0.25) is 5.91 Å². The van der Waals surface area contributed by atoms with Crippen LogP contribution >= 0.6 is 23.1 Å². The van der Waals surface area contributed by atoms with E-state index in [0.717, 1.165) is 33.8 Å². The molecule has 1 aromatic heterocycles. The zero-order chi connectivity index (χ0) is 17.6. The van der Waals surface area contributed by atoms with Gasteiger partial charge in [0.05, 0.1) is 20.9 Å². The molecule has 132 valence electrons. The Morgan fingerprint density at radius 1 is 1.40 bits per heavy atom. The van der Waals surface area contributed by atoms with Gasteiger partial charge >= 0.3 is 0 Å². The van der Waals surface area contributed by atoms with E-state index in [1.807, 2.05) is 0 Å². The second kappa shape index (κ2) is 8.44. The van der Waals surface area contributed by atoms with E-state index in [0.29, 0.717) is 12.3 Å². The number of nitrogens with one attached hydrogen (secondary N) is 1. The topological polar surface area (TPSA) is 85.1 Å². The van der Waals surface area contributed by atoms with Crippen molar-refractivity contribution < 1.29 is 9.72 Å². The first kappa shape index (κ1) is 17.9. The fourth-order valence-electron chi connectivity index (χ4n) is 2.74. The predicted molar refractivity (Wildman–Crippen MR) is 101 cm³/mol. The molecule has 1 heterocycles. The van der Waals surface area contributed by atoms with Crippen LogP contribution in [0.5, 0.6) is 0 Å². The molecule has 0 radical (unpaired) electrons. The number of rotatable bonds is 7. The largest absolute Gasteiger partial charge is 0.355 e. The monoisotopic (exact) mass is 377 g/mol. The summed E-state index contributed by atoms with van der Waals surface area (Å²) in [4.78, 5) is 26.8. The molecule has 0 saturated heterocycles. The number of aromatic nitrogens is 1. The molecule has 1 N–H and O–H groups in total. The van der Waals surface area contributed by atoms with E-state index in [4.69, 9.17) is 0 Å². The molecule has 1 amide bonds. The zero-order valence-corrected chi connectivity index (χ0v) is 15.3. The molecule has 1 aromatic carbocycles. The average molecular weight is 377 g/mol. The van der Waals surface area contributed by atoms with Gasteiger partial charge in [-0.3, -0.25) is 14.9 Å². The van der Waals surface area contributed by atoms with E-state index in [1.165, 1.54) is 53.6 Å². The Bertz CT molecular complexity index is 817. The van der Waals surface area contributed by atoms with Crippen LogP contribution in [0.4, 0.5) is 5.69 Å². The third kappa shape index (κ3) is 5.02. The molecule has 0 fully saturated rings. The maximum Gasteiger partial charge on any atom is 0.270 e. The number of benzene rings is 1. The Morgan fingerprint density at radius 3 is 3.04 bits per heavy atom. The van der Waals surface area contributed by atoms with Crippen molar-refractivity contribution in [2.75, 3.05) is 12.3 Å². The normalized spacial score (nSPS) is 14.3. The number of hydrogen-bond acceptors (Lipinski definition) is 6. The lowest BCUT2D eigenvalue weighted by Gasteiger charge is -2.12. The molecule has 1 aliphatic carbocycles. The van der Waals surface area contributed by atoms with Crippen LogP contribution in [-0.2, 0) is 4.79 Å². The molecule has 0 saturated carbocycles. The summed E-state index contributed by atoms with van der Waals surface area (Å²) in [5.41, 5.74) is 2.23. The number of allylic oxidation sites excluding steroid dienone is 1. The second-order valence-electron chi connectivity index (χ2n) is 5.89. The summed E-state index contributed by atoms with van der Waals surface area (Å²) in [6.07, 6.45) is 8.08. The van der Waals surface area contributed by atoms with Crippen LogP contribution < -0.4 is 5.32 Å². The van der Waals surface area contributed by atoms with E-state index < -0.39 is 4.92 Å². The molecule has 2 aromatic rings. The summed E-state index contributed by atoms with van der Waals surface area (Å²) in [5, 5.41) is 13.8. The summed E-state index contributed by atoms with van der Waals surface area (Å²) in [6, 6.07) is 4.62. The van der Waals surface area contributed by atoms with E-state index >= 15 is 0 Å². The number of amides is 1. The van der Waals surface area contributed by atoms with Gasteiger partial charge in [-0.25, -0.2) is 4.98 Å². The summed E-state index contributed by atoms with van der Waals surface area (Å²) in [5.74, 6) is 0.299. The number of hydrogen-bond donors (Lipinski definition) is 1. The number of non-ortho nitro benzene ring substituents is 1. The quantitative estimate of drug-likeness (QED) is 0.336. The summed E-state index contributed by atoms with van der Waals surface area (Å²) in [7, 11) is 0. The predicted octanol–water partition coefficient (Wildman–Crippen LogP) is 4.30. The average Bonchev–Trinajstić information content (AvgIpc) is 3.03. The van der Waals surface area contributed by atoms with Crippen molar-refractivity contribution >= 4 is 44.9 Å². The van der Waals surface area contributed by atoms with Gasteiger partial charge in [-0.1, -0.05) is 23.4 Å². The van der Waals surface area contributed by atoms with E-state index in [9.17, 15) is 14.9 Å². The molecule has 0 aliphatic heterocycles. The molecule has 25 heavy (non-hydrogen) atoms. The van der Waals surface area contributed by atoms with Crippen LogP contribution in [0.25, 0.3) is 10.2 Å². The Balaban J connectivity index is 1.47. The Labute approximate surface area is 153 Å². The highest BCUT2D eigenvalue weighted by molar-refractivity contribution is 8.01. The van der Waals surface area contributed by atoms with Gasteiger partial charge in [-0.05, 0) is 38.2 Å². The first-order chi connectivity index (χ1) is 12.1. The number of thiazole rings is 1. The highest BCUT2D eigenvalue weighted by Crippen LogP contribution is 2.31. The van der Waals surface area contributed by atoms with Gasteiger partial charge in [0.25, 0.3) is 5.69 Å². The standard InChI is InChI=1S/C17H19N3O3S2/c21-16(18-9-8-12-4-2-1-3-5-12)11-24-17-19-14-7-6-13(20(22)23)10-15(14)25-17/h4,6-7,10H,1-3,5,8-9,11H2,(H,18,21). The molecular weight excluding hydrogens is 358 g/mol. The van der Waals surface area contributed by atoms with Crippen LogP contribution in [0.2, 0.25) is 0 Å². The van der Waals surface area contributed by atoms with E-state index in [-0.39, 0.29) is 11.6 Å². The first-order valence-electron chi connectivity index (χ1n) is 8.24. The Morgan fingerprint density at radius 2 is 2.28 bits per heavy atom. The third-order valence-electron chi connectivity index (χ3n) is 4.04. The minimum Gasteiger partial charge on any atom is -0.355 e. The van der Waals surface area contributed by atoms with Gasteiger partial charge in [-0.15, -0.1) is 11.3 Å². The van der Waals surface area contributed by atoms with Crippen molar-refractivity contribution in [3.8, 4) is 0 Å². The number of fused-ring (bicyclic) bond motifs is 1. The lowest BCUT2D eigenvalue weighted by molar-refractivity contribution is -0.384. The van der Waals surface area contributed by atoms with Crippen LogP contribution in [0.15, 0.2) is 34.2 Å². The summed E-state index contributed by atoms with van der Waals surface area (Å²) in [6.45, 7) is 0.678. The van der Waals surface area contributed by atoms with E-state index in [2.05, 4.69) is 16.4 Å². The third-order valence-corrected chi connectivity index (χ3v) is 6.20. The SMILES string of the molecule is O=C(CSc1nc2ccc([N+](=O)[O-])cc2s1)NCCC1=CCCCC1. The number of nitro benzene ring substituents is 1. The van der Waals surface area contributed by atoms with Gasteiger partial charge in [0, 0.05) is 18.7 Å². The first-order valence-corrected chi connectivity index (χ1v) is 10.0.